The van der Waals surface area contributed by atoms with Crippen molar-refractivity contribution in [2.24, 2.45) is 0 Å². The summed E-state index contributed by atoms with van der Waals surface area (Å²) in [6.45, 7) is -29.2. The van der Waals surface area contributed by atoms with Gasteiger partial charge >= 0.3 is 0 Å². The zero-order valence-electron chi connectivity index (χ0n) is 56.8. The van der Waals surface area contributed by atoms with Gasteiger partial charge in [-0.05, 0) is 50.7 Å². The largest absolute Gasteiger partial charge is 0.633 e. The van der Waals surface area contributed by atoms with Crippen molar-refractivity contribution in [3.8, 4) is 0 Å². The maximum atomic E-state index is 13.5. The van der Waals surface area contributed by atoms with Crippen LogP contribution in [0.15, 0.2) is 48.5 Å². The van der Waals surface area contributed by atoms with E-state index in [0.29, 0.717) is 9.80 Å². The zero-order chi connectivity index (χ0) is 62.4. The second-order valence-corrected chi connectivity index (χ2v) is 12.8. The molecule has 2 aliphatic carbocycles. The normalized spacial score (nSPS) is 19.8. The molecule has 0 unspecified atom stereocenters. The van der Waals surface area contributed by atoms with Gasteiger partial charge in [0, 0.05) is 173 Å². The number of anilines is 4. The molecule has 0 saturated carbocycles. The third-order valence-corrected chi connectivity index (χ3v) is 8.59. The molecule has 0 heterocycles. The molecule has 0 aliphatic heterocycles. The number of quaternary nitrogens is 2. The van der Waals surface area contributed by atoms with Crippen LogP contribution in [0.4, 0.5) is 22.7 Å². The first-order valence-electron chi connectivity index (χ1n) is 29.3. The number of nitrogens with zero attached hydrogens (tertiary/aromatic N) is 4. The number of hydrogen-bond donors (Lipinski definition) is 4. The average Bonchev–Trinajstić information content (AvgIpc) is 3.35. The number of ketones is 4. The monoisotopic (exact) mass is 1170 g/mol. The van der Waals surface area contributed by atoms with E-state index in [9.17, 15) is 29.6 Å². The van der Waals surface area contributed by atoms with Crippen molar-refractivity contribution in [1.82, 2.24) is 9.80 Å². The Kier molecular flexibility index (Phi) is 12.9. The number of fused-ring (bicyclic) bond motifs is 4. The summed E-state index contributed by atoms with van der Waals surface area (Å²) >= 11 is 0. The van der Waals surface area contributed by atoms with Gasteiger partial charge in [-0.3, -0.25) is 0 Å². The van der Waals surface area contributed by atoms with E-state index in [1.54, 1.807) is 0 Å². The summed E-state index contributed by atoms with van der Waals surface area (Å²) < 4.78 is 173. The summed E-state index contributed by atoms with van der Waals surface area (Å²) in [7, 11) is 0. The minimum Gasteiger partial charge on any atom is -0.633 e. The number of hydrogen-bond acceptors (Lipinski definition) is 12. The smallest absolute Gasteiger partial charge is 0.0954 e. The van der Waals surface area contributed by atoms with Crippen LogP contribution >= 0.6 is 0 Å². The summed E-state index contributed by atoms with van der Waals surface area (Å²) in [5.74, 6) is -2.64. The van der Waals surface area contributed by atoms with Gasteiger partial charge in [-0.25, -0.2) is 0 Å². The average molecular weight is 1170 g/mol. The molecule has 0 aromatic heterocycles. The van der Waals surface area contributed by atoms with Crippen LogP contribution in [0.1, 0.15) is 96.6 Å². The molecule has 6 rings (SSSR count). The number of carbonyl (C=O) groups is 4. The molecular formula is C44H52N8O6Y4-4. The Morgan fingerprint density at radius 3 is 0.984 bits per heavy atom. The van der Waals surface area contributed by atoms with E-state index in [1.807, 2.05) is 0 Å². The van der Waals surface area contributed by atoms with Crippen molar-refractivity contribution in [3.05, 3.63) is 128 Å². The molecule has 4 aromatic carbocycles. The molecule has 4 aromatic rings. The van der Waals surface area contributed by atoms with Gasteiger partial charge in [0.15, 0.2) is 0 Å². The van der Waals surface area contributed by atoms with Crippen LogP contribution in [0.2, 0.25) is 0 Å². The van der Waals surface area contributed by atoms with Crippen molar-refractivity contribution >= 4 is 45.9 Å². The van der Waals surface area contributed by atoms with Crippen LogP contribution in [0.25, 0.3) is 0 Å². The first-order valence-corrected chi connectivity index (χ1v) is 17.3. The van der Waals surface area contributed by atoms with Gasteiger partial charge in [0.1, 0.15) is 0 Å². The van der Waals surface area contributed by atoms with E-state index in [0.717, 1.165) is 0 Å². The molecule has 18 heteroatoms. The Morgan fingerprint density at radius 1 is 0.484 bits per heavy atom. The minimum absolute atomic E-state index is 0. The molecule has 0 spiro atoms. The molecule has 2 aliphatic rings. The van der Waals surface area contributed by atoms with Crippen molar-refractivity contribution in [1.29, 1.82) is 0 Å². The molecule has 4 radical (unpaired) electrons. The SMILES string of the molecule is [2H]C([2H])([2H])N(CCNc1cc[c-]c2c1C(=O)c1[c-]ccc(NCCN(C([2H])([2H])[2H])C([2H])([2H])[2H])c1C2=O)C([2H])([2H])[2H].[2H]C([2H])([2H])[N+]([O-])(CCNc1cc[c-]c2c1C(=O)c1[c-]ccc(NCC[N+]([O-])(C([2H])([2H])[2H])C([2H])([2H])[2H])c1C2=O)C([2H])([2H])[2H].[Y].[Y].[Y].[Y]. The fourth-order valence-corrected chi connectivity index (χ4v) is 6.04. The number of benzene rings is 4. The Labute approximate surface area is 500 Å². The fourth-order valence-electron chi connectivity index (χ4n) is 6.04. The first kappa shape index (κ1) is 30.3. The molecule has 320 valence electrons. The number of likely N-dealkylation sites (N-methyl/N-ethyl adjacent to an activating group) is 4. The van der Waals surface area contributed by atoms with Gasteiger partial charge < -0.3 is 70.0 Å². The predicted octanol–water partition coefficient (Wildman–Crippen LogP) is 4.03. The zero-order valence-corrected chi connectivity index (χ0v) is 44.2. The summed E-state index contributed by atoms with van der Waals surface area (Å²) in [6, 6.07) is 21.7. The van der Waals surface area contributed by atoms with Gasteiger partial charge in [-0.2, -0.15) is 0 Å². The summed E-state index contributed by atoms with van der Waals surface area (Å²) in [5, 5.41) is 36.5. The second-order valence-electron chi connectivity index (χ2n) is 12.8. The van der Waals surface area contributed by atoms with Crippen molar-refractivity contribution in [3.63, 3.8) is 0 Å². The maximum absolute atomic E-state index is 13.5. The maximum Gasteiger partial charge on any atom is 0.0954 e. The molecule has 0 amide bonds. The van der Waals surface area contributed by atoms with E-state index in [1.165, 1.54) is 48.5 Å². The molecule has 14 nitrogen and oxygen atoms in total. The van der Waals surface area contributed by atoms with Crippen LogP contribution in [0.3, 0.4) is 0 Å². The Hall–Kier alpha value is -1.06. The van der Waals surface area contributed by atoms with Gasteiger partial charge in [0.05, 0.1) is 93.7 Å². The molecule has 0 fully saturated rings. The van der Waals surface area contributed by atoms with Gasteiger partial charge in [0.25, 0.3) is 0 Å². The van der Waals surface area contributed by atoms with E-state index in [4.69, 9.17) is 32.9 Å². The molecule has 0 bridgehead atoms. The molecule has 0 atom stereocenters. The summed E-state index contributed by atoms with van der Waals surface area (Å²) in [5.41, 5.74) is -0.694. The van der Waals surface area contributed by atoms with Crippen molar-refractivity contribution in [2.45, 2.75) is 0 Å². The van der Waals surface area contributed by atoms with E-state index < -0.39 is 128 Å². The topological polar surface area (TPSA) is 169 Å². The predicted molar refractivity (Wildman–Crippen MR) is 227 cm³/mol. The van der Waals surface area contributed by atoms with Crippen LogP contribution in [-0.2, 0) is 131 Å². The minimum atomic E-state index is -3.42. The number of hydroxylamine groups is 6. The third kappa shape index (κ3) is 15.5. The van der Waals surface area contributed by atoms with Gasteiger partial charge in [0.2, 0.25) is 0 Å². The molecule has 0 saturated heterocycles. The standard InChI is InChI=1S/C22H26N4O4.C22H26N4O2.4Y/c1-25(2,29)13-11-23-17-9-5-7-15-19(17)21(27)16-8-6-10-18(20(16)22(15)28)24-12-14-26(3,4)30;1-25(2)13-11-23-17-9-5-7-15-19(17)21(27)16-8-6-10-18(20(16)22(15)28)24-12-14-26(3)4;;;;/h5-6,9-10,23-24H,11-14H2,1-4H3;5-6,9-10,23-24H,11-14H2,1-4H3;;;;/q2*-2;;;;/i2*1D3,2D3,3D3,4D3;;;;. The van der Waals surface area contributed by atoms with Crippen LogP contribution in [-0.4, -0.2) is 150 Å². The van der Waals surface area contributed by atoms with E-state index in [-0.39, 0.29) is 211 Å². The molecular weight excluding hydrogens is 1090 g/mol. The van der Waals surface area contributed by atoms with Crippen molar-refractivity contribution < 1.29 is 192 Å². The Balaban J connectivity index is 0.000000823. The van der Waals surface area contributed by atoms with Crippen LogP contribution in [0, 0.1) is 34.7 Å². The number of carbonyl (C=O) groups excluding carboxylic acids is 4. The van der Waals surface area contributed by atoms with E-state index in [2.05, 4.69) is 45.5 Å². The quantitative estimate of drug-likeness (QED) is 0.0626. The number of nitrogens with one attached hydrogen (secondary N) is 4. The van der Waals surface area contributed by atoms with Crippen LogP contribution < -0.4 is 21.3 Å². The van der Waals surface area contributed by atoms with Crippen molar-refractivity contribution in [2.75, 3.05) is 129 Å². The first-order chi connectivity index (χ1) is 37.2. The third-order valence-electron chi connectivity index (χ3n) is 8.59. The molecule has 62 heavy (non-hydrogen) atoms. The fraction of sp³-hybridized carbons (Fsp3) is 0.364. The van der Waals surface area contributed by atoms with Gasteiger partial charge in [-0.1, -0.05) is 22.3 Å². The second kappa shape index (κ2) is 26.3. The summed E-state index contributed by atoms with van der Waals surface area (Å²) in [4.78, 5) is 54.6. The Bertz CT molecular complexity index is 2810. The molecule has 4 N–H and O–H groups in total. The van der Waals surface area contributed by atoms with E-state index >= 15 is 0 Å². The Morgan fingerprint density at radius 2 is 0.742 bits per heavy atom. The van der Waals surface area contributed by atoms with Gasteiger partial charge in [-0.15, -0.1) is 95.1 Å². The summed E-state index contributed by atoms with van der Waals surface area (Å²) in [6.07, 6.45) is 0. The number of rotatable bonds is 16. The van der Waals surface area contributed by atoms with Crippen LogP contribution in [0.5, 0.6) is 0 Å².